The van der Waals surface area contributed by atoms with Crippen LogP contribution in [0.5, 0.6) is 5.75 Å². The van der Waals surface area contributed by atoms with Crippen molar-refractivity contribution in [3.05, 3.63) is 23.3 Å². The number of rotatable bonds is 2. The van der Waals surface area contributed by atoms with Gasteiger partial charge in [-0.15, -0.1) is 13.2 Å². The Kier molecular flexibility index (Phi) is 3.78. The second-order valence-electron chi connectivity index (χ2n) is 3.22. The van der Waals surface area contributed by atoms with Crippen LogP contribution in [-0.2, 0) is 9.05 Å². The van der Waals surface area contributed by atoms with Crippen molar-refractivity contribution in [2.75, 3.05) is 0 Å². The second-order valence-corrected chi connectivity index (χ2v) is 5.72. The van der Waals surface area contributed by atoms with E-state index in [2.05, 4.69) is 4.74 Å². The Morgan fingerprint density at radius 1 is 1.39 bits per heavy atom. The van der Waals surface area contributed by atoms with Crippen LogP contribution in [0.25, 0.3) is 0 Å². The van der Waals surface area contributed by atoms with Crippen LogP contribution >= 0.6 is 10.7 Å². The van der Waals surface area contributed by atoms with E-state index in [0.29, 0.717) is 6.07 Å². The van der Waals surface area contributed by atoms with Gasteiger partial charge in [0.05, 0.1) is 11.6 Å². The lowest BCUT2D eigenvalue weighted by Crippen LogP contribution is -2.19. The highest BCUT2D eigenvalue weighted by atomic mass is 35.7. The van der Waals surface area contributed by atoms with E-state index in [1.165, 1.54) is 6.92 Å². The number of aryl methyl sites for hydroxylation is 1. The Morgan fingerprint density at radius 2 is 1.94 bits per heavy atom. The van der Waals surface area contributed by atoms with E-state index in [1.807, 2.05) is 0 Å². The molecule has 1 rings (SSSR count). The van der Waals surface area contributed by atoms with Gasteiger partial charge in [0.15, 0.2) is 5.75 Å². The maximum absolute atomic E-state index is 12.1. The van der Waals surface area contributed by atoms with Gasteiger partial charge in [-0.2, -0.15) is 5.26 Å². The molecule has 4 nitrogen and oxygen atoms in total. The molecule has 0 aliphatic carbocycles. The van der Waals surface area contributed by atoms with E-state index >= 15 is 0 Å². The fourth-order valence-corrected chi connectivity index (χ4v) is 2.70. The summed E-state index contributed by atoms with van der Waals surface area (Å²) in [6.07, 6.45) is -5.09. The van der Waals surface area contributed by atoms with Gasteiger partial charge in [0.25, 0.3) is 9.05 Å². The SMILES string of the molecule is Cc1cc(C#N)cc(OC(F)(F)F)c1S(=O)(=O)Cl. The number of halogens is 4. The Bertz CT molecular complexity index is 619. The van der Waals surface area contributed by atoms with Gasteiger partial charge in [-0.25, -0.2) is 8.42 Å². The number of benzene rings is 1. The topological polar surface area (TPSA) is 67.2 Å². The van der Waals surface area contributed by atoms with Crippen molar-refractivity contribution in [3.63, 3.8) is 0 Å². The van der Waals surface area contributed by atoms with Gasteiger partial charge < -0.3 is 4.74 Å². The summed E-state index contributed by atoms with van der Waals surface area (Å²) in [4.78, 5) is -0.805. The predicted molar refractivity (Wildman–Crippen MR) is 55.6 cm³/mol. The van der Waals surface area contributed by atoms with Gasteiger partial charge in [0.2, 0.25) is 0 Å². The normalized spacial score (nSPS) is 12.0. The molecule has 0 amide bonds. The van der Waals surface area contributed by atoms with Crippen LogP contribution in [0.3, 0.4) is 0 Å². The minimum Gasteiger partial charge on any atom is -0.404 e. The third-order valence-corrected chi connectivity index (χ3v) is 3.31. The van der Waals surface area contributed by atoms with Gasteiger partial charge in [-0.1, -0.05) is 0 Å². The highest BCUT2D eigenvalue weighted by Crippen LogP contribution is 2.34. The lowest BCUT2D eigenvalue weighted by atomic mass is 10.1. The van der Waals surface area contributed by atoms with Gasteiger partial charge in [0.1, 0.15) is 4.90 Å². The van der Waals surface area contributed by atoms with E-state index in [-0.39, 0.29) is 11.1 Å². The van der Waals surface area contributed by atoms with E-state index in [0.717, 1.165) is 6.07 Å². The van der Waals surface area contributed by atoms with E-state index in [9.17, 15) is 21.6 Å². The van der Waals surface area contributed by atoms with Crippen molar-refractivity contribution in [2.45, 2.75) is 18.2 Å². The highest BCUT2D eigenvalue weighted by molar-refractivity contribution is 8.13. The molecule has 18 heavy (non-hydrogen) atoms. The van der Waals surface area contributed by atoms with Crippen molar-refractivity contribution in [3.8, 4) is 11.8 Å². The van der Waals surface area contributed by atoms with Crippen LogP contribution in [0.4, 0.5) is 13.2 Å². The van der Waals surface area contributed by atoms with Crippen LogP contribution in [0, 0.1) is 18.3 Å². The molecule has 0 radical (unpaired) electrons. The number of hydrogen-bond donors (Lipinski definition) is 0. The number of alkyl halides is 3. The quantitative estimate of drug-likeness (QED) is 0.787. The molecule has 0 saturated heterocycles. The summed E-state index contributed by atoms with van der Waals surface area (Å²) < 4.78 is 62.4. The number of nitriles is 1. The molecule has 1 aromatic carbocycles. The monoisotopic (exact) mass is 299 g/mol. The zero-order valence-electron chi connectivity index (χ0n) is 8.75. The summed E-state index contributed by atoms with van der Waals surface area (Å²) >= 11 is 0. The van der Waals surface area contributed by atoms with Gasteiger partial charge in [-0.05, 0) is 24.6 Å². The Morgan fingerprint density at radius 3 is 2.33 bits per heavy atom. The van der Waals surface area contributed by atoms with Crippen molar-refractivity contribution in [1.82, 2.24) is 0 Å². The standard InChI is InChI=1S/C9H5ClF3NO3S/c1-5-2-6(4-14)3-7(17-9(11,12)13)8(5)18(10,15)16/h2-3H,1H3. The molecule has 0 N–H and O–H groups in total. The first-order valence-corrected chi connectivity index (χ1v) is 6.60. The van der Waals surface area contributed by atoms with Crippen molar-refractivity contribution in [1.29, 1.82) is 5.26 Å². The minimum atomic E-state index is -5.09. The van der Waals surface area contributed by atoms with Crippen LogP contribution in [-0.4, -0.2) is 14.8 Å². The number of ether oxygens (including phenoxy) is 1. The summed E-state index contributed by atoms with van der Waals surface area (Å²) in [6, 6.07) is 3.35. The molecule has 0 spiro atoms. The zero-order valence-corrected chi connectivity index (χ0v) is 10.3. The smallest absolute Gasteiger partial charge is 0.404 e. The molecule has 9 heteroatoms. The highest BCUT2D eigenvalue weighted by Gasteiger charge is 2.34. The average Bonchev–Trinajstić information content (AvgIpc) is 2.11. The van der Waals surface area contributed by atoms with E-state index in [4.69, 9.17) is 15.9 Å². The van der Waals surface area contributed by atoms with Crippen LogP contribution < -0.4 is 4.74 Å². The van der Waals surface area contributed by atoms with Crippen LogP contribution in [0.15, 0.2) is 17.0 Å². The fourth-order valence-electron chi connectivity index (χ4n) is 1.32. The summed E-state index contributed by atoms with van der Waals surface area (Å²) in [5, 5.41) is 8.61. The van der Waals surface area contributed by atoms with E-state index < -0.39 is 26.1 Å². The molecule has 0 aliphatic rings. The molecule has 0 unspecified atom stereocenters. The maximum atomic E-state index is 12.1. The largest absolute Gasteiger partial charge is 0.573 e. The maximum Gasteiger partial charge on any atom is 0.573 e. The third-order valence-electron chi connectivity index (χ3n) is 1.84. The lowest BCUT2D eigenvalue weighted by molar-refractivity contribution is -0.275. The molecule has 0 aromatic heterocycles. The summed E-state index contributed by atoms with van der Waals surface area (Å²) in [6.45, 7) is 1.21. The number of hydrogen-bond acceptors (Lipinski definition) is 4. The minimum absolute atomic E-state index is 0.108. The Hall–Kier alpha value is -1.46. The van der Waals surface area contributed by atoms with Crippen molar-refractivity contribution in [2.24, 2.45) is 0 Å². The first-order chi connectivity index (χ1) is 8.04. The fraction of sp³-hybridized carbons (Fsp3) is 0.222. The van der Waals surface area contributed by atoms with Gasteiger partial charge in [0, 0.05) is 10.7 Å². The molecule has 0 heterocycles. The molecular weight excluding hydrogens is 295 g/mol. The van der Waals surface area contributed by atoms with Crippen LogP contribution in [0.2, 0.25) is 0 Å². The molecule has 0 bridgehead atoms. The summed E-state index contributed by atoms with van der Waals surface area (Å²) in [7, 11) is 0.612. The summed E-state index contributed by atoms with van der Waals surface area (Å²) in [5.41, 5.74) is -0.279. The molecule has 98 valence electrons. The Balaban J connectivity index is 3.55. The average molecular weight is 300 g/mol. The van der Waals surface area contributed by atoms with Gasteiger partial charge >= 0.3 is 6.36 Å². The van der Waals surface area contributed by atoms with E-state index in [1.54, 1.807) is 6.07 Å². The predicted octanol–water partition coefficient (Wildman–Crippen LogP) is 2.69. The number of nitrogens with zero attached hydrogens (tertiary/aromatic N) is 1. The molecule has 0 aliphatic heterocycles. The van der Waals surface area contributed by atoms with Crippen molar-refractivity contribution >= 4 is 19.7 Å². The molecule has 0 fully saturated rings. The molecule has 0 saturated carbocycles. The van der Waals surface area contributed by atoms with Crippen molar-refractivity contribution < 1.29 is 26.3 Å². The first-order valence-electron chi connectivity index (χ1n) is 4.30. The third kappa shape index (κ3) is 3.51. The molecular formula is C9H5ClF3NO3S. The van der Waals surface area contributed by atoms with Gasteiger partial charge in [-0.3, -0.25) is 0 Å². The second kappa shape index (κ2) is 4.66. The Labute approximate surface area is 105 Å². The molecule has 0 atom stereocenters. The zero-order chi connectivity index (χ0) is 14.1. The van der Waals surface area contributed by atoms with Crippen LogP contribution in [0.1, 0.15) is 11.1 Å². The summed E-state index contributed by atoms with van der Waals surface area (Å²) in [5.74, 6) is -1.02. The lowest BCUT2D eigenvalue weighted by Gasteiger charge is -2.13. The first kappa shape index (κ1) is 14.6. The molecule has 1 aromatic rings.